The minimum atomic E-state index is 0.244. The Morgan fingerprint density at radius 3 is 2.25 bits per heavy atom. The summed E-state index contributed by atoms with van der Waals surface area (Å²) in [5.74, 6) is 0.920. The minimum absolute atomic E-state index is 0.244. The van der Waals surface area contributed by atoms with E-state index in [4.69, 9.17) is 14.0 Å². The van der Waals surface area contributed by atoms with Crippen molar-refractivity contribution in [3.8, 4) is 0 Å². The molecule has 0 amide bonds. The van der Waals surface area contributed by atoms with Gasteiger partial charge in [0.1, 0.15) is 16.9 Å². The first-order valence-electron chi connectivity index (χ1n) is 6.57. The van der Waals surface area contributed by atoms with E-state index in [1.807, 2.05) is 33.8 Å². The SMILES string of the molecule is Cc1oc2c(c(C)cc3oc(=NO)c(C)c(C)c32)c1C. The maximum Gasteiger partial charge on any atom is 0.258 e. The Balaban J connectivity index is 2.68. The third kappa shape index (κ3) is 1.51. The van der Waals surface area contributed by atoms with Crippen LogP contribution in [0.3, 0.4) is 0 Å². The summed E-state index contributed by atoms with van der Waals surface area (Å²) in [4.78, 5) is 0. The summed E-state index contributed by atoms with van der Waals surface area (Å²) in [7, 11) is 0. The van der Waals surface area contributed by atoms with Crippen molar-refractivity contribution in [3.63, 3.8) is 0 Å². The molecule has 0 spiro atoms. The lowest BCUT2D eigenvalue weighted by Crippen LogP contribution is -2.08. The Labute approximate surface area is 116 Å². The quantitative estimate of drug-likeness (QED) is 0.496. The normalized spacial score (nSPS) is 12.8. The molecule has 0 aliphatic heterocycles. The smallest absolute Gasteiger partial charge is 0.258 e. The Bertz CT molecular complexity index is 913. The second-order valence-electron chi connectivity index (χ2n) is 5.31. The van der Waals surface area contributed by atoms with E-state index in [9.17, 15) is 0 Å². The van der Waals surface area contributed by atoms with Gasteiger partial charge in [0.25, 0.3) is 5.55 Å². The van der Waals surface area contributed by atoms with Crippen molar-refractivity contribution in [2.45, 2.75) is 34.6 Å². The zero-order valence-corrected chi connectivity index (χ0v) is 12.3. The van der Waals surface area contributed by atoms with Crippen LogP contribution >= 0.6 is 0 Å². The Morgan fingerprint density at radius 1 is 0.900 bits per heavy atom. The van der Waals surface area contributed by atoms with Crippen LogP contribution in [0.15, 0.2) is 20.1 Å². The molecule has 0 fully saturated rings. The zero-order chi connectivity index (χ0) is 14.6. The van der Waals surface area contributed by atoms with Crippen molar-refractivity contribution in [3.05, 3.63) is 39.6 Å². The van der Waals surface area contributed by atoms with Gasteiger partial charge in [0.05, 0.1) is 5.39 Å². The lowest BCUT2D eigenvalue weighted by molar-refractivity contribution is 0.275. The number of aryl methyl sites for hydroxylation is 4. The van der Waals surface area contributed by atoms with Crippen LogP contribution in [0.2, 0.25) is 0 Å². The van der Waals surface area contributed by atoms with Crippen LogP contribution in [-0.4, -0.2) is 5.21 Å². The Morgan fingerprint density at radius 2 is 1.60 bits per heavy atom. The van der Waals surface area contributed by atoms with Crippen LogP contribution in [-0.2, 0) is 0 Å². The van der Waals surface area contributed by atoms with E-state index in [-0.39, 0.29) is 5.55 Å². The second kappa shape index (κ2) is 4.13. The standard InChI is InChI=1S/C16H17NO3/c1-7-6-12-14(8(2)9(3)16(17-18)20-12)15-13(7)10(4)11(5)19-15/h6,18H,1-5H3. The van der Waals surface area contributed by atoms with Crippen LogP contribution in [0.1, 0.15) is 28.0 Å². The van der Waals surface area contributed by atoms with Crippen LogP contribution < -0.4 is 5.55 Å². The molecule has 3 rings (SSSR count). The van der Waals surface area contributed by atoms with E-state index in [1.54, 1.807) is 0 Å². The van der Waals surface area contributed by atoms with E-state index in [2.05, 4.69) is 12.1 Å². The summed E-state index contributed by atoms with van der Waals surface area (Å²) in [6.07, 6.45) is 0. The van der Waals surface area contributed by atoms with Crippen molar-refractivity contribution in [1.29, 1.82) is 0 Å². The first kappa shape index (κ1) is 12.8. The highest BCUT2D eigenvalue weighted by atomic mass is 16.5. The van der Waals surface area contributed by atoms with Gasteiger partial charge in [0, 0.05) is 10.9 Å². The highest BCUT2D eigenvalue weighted by Gasteiger charge is 2.17. The molecule has 0 saturated heterocycles. The first-order chi connectivity index (χ1) is 9.45. The van der Waals surface area contributed by atoms with Crippen molar-refractivity contribution in [1.82, 2.24) is 0 Å². The molecule has 104 valence electrons. The maximum absolute atomic E-state index is 9.04. The first-order valence-corrected chi connectivity index (χ1v) is 6.57. The molecular formula is C16H17NO3. The average molecular weight is 271 g/mol. The molecule has 1 N–H and O–H groups in total. The second-order valence-corrected chi connectivity index (χ2v) is 5.31. The van der Waals surface area contributed by atoms with Gasteiger partial charge >= 0.3 is 0 Å². The molecule has 4 heteroatoms. The Hall–Kier alpha value is -2.23. The summed E-state index contributed by atoms with van der Waals surface area (Å²) in [6, 6.07) is 1.97. The van der Waals surface area contributed by atoms with Crippen LogP contribution in [0.4, 0.5) is 0 Å². The number of benzene rings is 1. The summed E-state index contributed by atoms with van der Waals surface area (Å²) >= 11 is 0. The van der Waals surface area contributed by atoms with E-state index < -0.39 is 0 Å². The van der Waals surface area contributed by atoms with Crippen molar-refractivity contribution >= 4 is 21.9 Å². The number of furan rings is 1. The molecule has 0 radical (unpaired) electrons. The average Bonchev–Trinajstić information content (AvgIpc) is 2.70. The molecule has 3 aromatic rings. The molecule has 2 aromatic heterocycles. The van der Waals surface area contributed by atoms with E-state index >= 15 is 0 Å². The van der Waals surface area contributed by atoms with Crippen molar-refractivity contribution in [2.24, 2.45) is 5.16 Å². The summed E-state index contributed by atoms with van der Waals surface area (Å²) in [6.45, 7) is 9.93. The molecule has 0 atom stereocenters. The monoisotopic (exact) mass is 271 g/mol. The van der Waals surface area contributed by atoms with Gasteiger partial charge in [0.2, 0.25) is 0 Å². The van der Waals surface area contributed by atoms with Crippen LogP contribution in [0, 0.1) is 34.6 Å². The van der Waals surface area contributed by atoms with Crippen LogP contribution in [0.5, 0.6) is 0 Å². The lowest BCUT2D eigenvalue weighted by atomic mass is 10.00. The van der Waals surface area contributed by atoms with E-state index in [0.29, 0.717) is 5.58 Å². The maximum atomic E-state index is 9.04. The highest BCUT2D eigenvalue weighted by Crippen LogP contribution is 2.35. The van der Waals surface area contributed by atoms with E-state index in [0.717, 1.165) is 44.4 Å². The van der Waals surface area contributed by atoms with Gasteiger partial charge in [-0.15, -0.1) is 0 Å². The zero-order valence-electron chi connectivity index (χ0n) is 12.3. The van der Waals surface area contributed by atoms with Gasteiger partial charge in [-0.1, -0.05) is 0 Å². The summed E-state index contributed by atoms with van der Waals surface area (Å²) < 4.78 is 11.6. The summed E-state index contributed by atoms with van der Waals surface area (Å²) in [5, 5.41) is 14.3. The Kier molecular flexibility index (Phi) is 2.64. The predicted molar refractivity (Wildman–Crippen MR) is 77.0 cm³/mol. The molecule has 20 heavy (non-hydrogen) atoms. The largest absolute Gasteiger partial charge is 0.460 e. The van der Waals surface area contributed by atoms with Crippen LogP contribution in [0.25, 0.3) is 21.9 Å². The molecule has 0 aliphatic carbocycles. The van der Waals surface area contributed by atoms with Gasteiger partial charge < -0.3 is 14.0 Å². The van der Waals surface area contributed by atoms with Gasteiger partial charge in [-0.05, 0) is 62.5 Å². The fourth-order valence-corrected chi connectivity index (χ4v) is 2.79. The predicted octanol–water partition coefficient (Wildman–Crippen LogP) is 4.01. The fraction of sp³-hybridized carbons (Fsp3) is 0.312. The third-order valence-corrected chi connectivity index (χ3v) is 4.16. The van der Waals surface area contributed by atoms with Gasteiger partial charge in [-0.2, -0.15) is 0 Å². The van der Waals surface area contributed by atoms with Gasteiger partial charge in [-0.25, -0.2) is 0 Å². The molecule has 2 heterocycles. The highest BCUT2D eigenvalue weighted by molar-refractivity contribution is 6.07. The van der Waals surface area contributed by atoms with Gasteiger partial charge in [0.15, 0.2) is 0 Å². The summed E-state index contributed by atoms with van der Waals surface area (Å²) in [5.41, 5.74) is 5.86. The number of fused-ring (bicyclic) bond motifs is 3. The number of hydrogen-bond donors (Lipinski definition) is 1. The van der Waals surface area contributed by atoms with Crippen molar-refractivity contribution in [2.75, 3.05) is 0 Å². The molecule has 0 unspecified atom stereocenters. The third-order valence-electron chi connectivity index (χ3n) is 4.16. The number of hydrogen-bond acceptors (Lipinski definition) is 4. The topological polar surface area (TPSA) is 58.9 Å². The lowest BCUT2D eigenvalue weighted by Gasteiger charge is -2.07. The molecular weight excluding hydrogens is 254 g/mol. The number of nitrogens with zero attached hydrogens (tertiary/aromatic N) is 1. The molecule has 0 saturated carbocycles. The number of rotatable bonds is 0. The molecule has 4 nitrogen and oxygen atoms in total. The molecule has 1 aromatic carbocycles. The molecule has 0 bridgehead atoms. The molecule has 0 aliphatic rings. The van der Waals surface area contributed by atoms with Gasteiger partial charge in [-0.3, -0.25) is 0 Å². The minimum Gasteiger partial charge on any atom is -0.460 e. The fourth-order valence-electron chi connectivity index (χ4n) is 2.79. The van der Waals surface area contributed by atoms with E-state index in [1.165, 1.54) is 0 Å². The van der Waals surface area contributed by atoms with Crippen molar-refractivity contribution < 1.29 is 14.0 Å².